The molecule has 0 atom stereocenters. The van der Waals surface area contributed by atoms with Crippen LogP contribution in [-0.4, -0.2) is 20.0 Å². The molecule has 0 aromatic carbocycles. The van der Waals surface area contributed by atoms with E-state index in [2.05, 4.69) is 5.32 Å². The number of hydrogen-bond donors (Lipinski definition) is 1. The Kier molecular flexibility index (Phi) is 2.89. The highest BCUT2D eigenvalue weighted by Gasteiger charge is 2.04. The van der Waals surface area contributed by atoms with Crippen LogP contribution in [0, 0.1) is 0 Å². The zero-order valence-corrected chi connectivity index (χ0v) is 6.58. The summed E-state index contributed by atoms with van der Waals surface area (Å²) >= 11 is 0. The summed E-state index contributed by atoms with van der Waals surface area (Å²) in [5.74, 6) is 0. The monoisotopic (exact) mass is 161 g/mol. The third-order valence-corrected chi connectivity index (χ3v) is 2.35. The number of rotatable bonds is 0. The van der Waals surface area contributed by atoms with Crippen LogP contribution in [-0.2, 0) is 10.3 Å². The quantitative estimate of drug-likeness (QED) is 0.515. The van der Waals surface area contributed by atoms with Crippen molar-refractivity contribution in [3.05, 3.63) is 0 Å². The maximum atomic E-state index is 10.4. The van der Waals surface area contributed by atoms with E-state index in [-0.39, 0.29) is 0 Å². The SMILES string of the molecule is O=S(=O)=C1CCCCCN1. The minimum absolute atomic E-state index is 0.484. The lowest BCUT2D eigenvalue weighted by Crippen LogP contribution is -2.22. The predicted molar refractivity (Wildman–Crippen MR) is 40.4 cm³/mol. The molecule has 58 valence electrons. The van der Waals surface area contributed by atoms with Crippen LogP contribution in [0.2, 0.25) is 0 Å². The fraction of sp³-hybridized carbons (Fsp3) is 0.833. The molecule has 0 aliphatic carbocycles. The van der Waals surface area contributed by atoms with Crippen LogP contribution < -0.4 is 5.32 Å². The molecule has 0 radical (unpaired) electrons. The number of hydrogen-bond acceptors (Lipinski definition) is 2. The summed E-state index contributed by atoms with van der Waals surface area (Å²) in [5, 5.41) is 2.89. The Hall–Kier alpha value is -0.350. The van der Waals surface area contributed by atoms with Crippen molar-refractivity contribution < 1.29 is 8.42 Å². The van der Waals surface area contributed by atoms with Crippen molar-refractivity contribution in [1.29, 1.82) is 0 Å². The lowest BCUT2D eigenvalue weighted by atomic mass is 10.2. The minimum Gasteiger partial charge on any atom is -0.279 e. The largest absolute Gasteiger partial charge is 0.279 e. The third kappa shape index (κ3) is 2.11. The van der Waals surface area contributed by atoms with Crippen molar-refractivity contribution in [2.75, 3.05) is 6.54 Å². The Morgan fingerprint density at radius 3 is 2.70 bits per heavy atom. The first-order valence-corrected chi connectivity index (χ1v) is 4.57. The third-order valence-electron chi connectivity index (χ3n) is 1.60. The van der Waals surface area contributed by atoms with Gasteiger partial charge >= 0.3 is 0 Å². The Bertz CT molecular complexity index is 212. The highest BCUT2D eigenvalue weighted by molar-refractivity contribution is 7.72. The first kappa shape index (κ1) is 7.75. The van der Waals surface area contributed by atoms with E-state index < -0.39 is 10.3 Å². The van der Waals surface area contributed by atoms with E-state index in [0.29, 0.717) is 11.4 Å². The molecule has 1 aliphatic heterocycles. The normalized spacial score (nSPS) is 20.2. The van der Waals surface area contributed by atoms with Crippen molar-refractivity contribution in [1.82, 2.24) is 5.32 Å². The van der Waals surface area contributed by atoms with Crippen LogP contribution in [0.25, 0.3) is 0 Å². The van der Waals surface area contributed by atoms with Gasteiger partial charge in [-0.15, -0.1) is 0 Å². The lowest BCUT2D eigenvalue weighted by Gasteiger charge is -1.94. The van der Waals surface area contributed by atoms with Gasteiger partial charge < -0.3 is 0 Å². The van der Waals surface area contributed by atoms with Gasteiger partial charge in [0.05, 0.1) is 0 Å². The van der Waals surface area contributed by atoms with E-state index in [1.165, 1.54) is 0 Å². The highest BCUT2D eigenvalue weighted by Crippen LogP contribution is 2.02. The lowest BCUT2D eigenvalue weighted by molar-refractivity contribution is 0.626. The van der Waals surface area contributed by atoms with Gasteiger partial charge in [-0.3, -0.25) is 5.32 Å². The van der Waals surface area contributed by atoms with Crippen LogP contribution in [0.4, 0.5) is 0 Å². The molecule has 1 N–H and O–H groups in total. The highest BCUT2D eigenvalue weighted by atomic mass is 32.2. The van der Waals surface area contributed by atoms with Gasteiger partial charge in [0, 0.05) is 6.54 Å². The van der Waals surface area contributed by atoms with E-state index in [4.69, 9.17) is 0 Å². The van der Waals surface area contributed by atoms with Gasteiger partial charge in [-0.2, -0.15) is 8.42 Å². The van der Waals surface area contributed by atoms with Gasteiger partial charge in [0.15, 0.2) is 0 Å². The van der Waals surface area contributed by atoms with E-state index in [0.717, 1.165) is 25.8 Å². The molecule has 0 amide bonds. The van der Waals surface area contributed by atoms with Crippen LogP contribution in [0.15, 0.2) is 0 Å². The fourth-order valence-electron chi connectivity index (χ4n) is 1.05. The molecule has 0 aromatic heterocycles. The smallest absolute Gasteiger partial charge is 0.228 e. The van der Waals surface area contributed by atoms with Gasteiger partial charge in [0.25, 0.3) is 0 Å². The molecular weight excluding hydrogens is 150 g/mol. The molecule has 1 saturated heterocycles. The predicted octanol–water partition coefficient (Wildman–Crippen LogP) is 0.159. The average Bonchev–Trinajstić information content (AvgIpc) is 2.12. The average molecular weight is 161 g/mol. The van der Waals surface area contributed by atoms with E-state index in [1.807, 2.05) is 0 Å². The molecule has 3 nitrogen and oxygen atoms in total. The van der Waals surface area contributed by atoms with Crippen molar-refractivity contribution in [3.63, 3.8) is 0 Å². The van der Waals surface area contributed by atoms with E-state index in [1.54, 1.807) is 0 Å². The molecule has 0 bridgehead atoms. The summed E-state index contributed by atoms with van der Waals surface area (Å²) in [6.07, 6.45) is 3.90. The van der Waals surface area contributed by atoms with Gasteiger partial charge in [0.2, 0.25) is 10.3 Å². The van der Waals surface area contributed by atoms with Crippen molar-refractivity contribution in [3.8, 4) is 0 Å². The van der Waals surface area contributed by atoms with Crippen molar-refractivity contribution in [2.45, 2.75) is 25.7 Å². The summed E-state index contributed by atoms with van der Waals surface area (Å²) in [5.41, 5.74) is 0. The van der Waals surface area contributed by atoms with Gasteiger partial charge in [-0.05, 0) is 19.3 Å². The Balaban J connectivity index is 2.69. The Morgan fingerprint density at radius 1 is 1.20 bits per heavy atom. The van der Waals surface area contributed by atoms with Crippen molar-refractivity contribution >= 4 is 15.3 Å². The molecule has 1 aliphatic rings. The topological polar surface area (TPSA) is 46.2 Å². The zero-order valence-electron chi connectivity index (χ0n) is 5.76. The molecule has 0 saturated carbocycles. The van der Waals surface area contributed by atoms with Gasteiger partial charge in [0.1, 0.15) is 4.99 Å². The Labute approximate surface area is 62.0 Å². The molecule has 0 aromatic rings. The zero-order chi connectivity index (χ0) is 7.40. The first-order chi connectivity index (χ1) is 4.80. The second kappa shape index (κ2) is 3.73. The Morgan fingerprint density at radius 2 is 2.00 bits per heavy atom. The standard InChI is InChI=1S/C6H11NO2S/c8-10(9)6-4-2-1-3-5-7-6/h7H,1-5H2. The van der Waals surface area contributed by atoms with Crippen LogP contribution in [0.5, 0.6) is 0 Å². The minimum atomic E-state index is -2.01. The molecule has 0 unspecified atom stereocenters. The maximum Gasteiger partial charge on any atom is 0.228 e. The molecule has 4 heteroatoms. The molecule has 1 rings (SSSR count). The second-order valence-corrected chi connectivity index (χ2v) is 3.36. The van der Waals surface area contributed by atoms with Crippen LogP contribution >= 0.6 is 0 Å². The van der Waals surface area contributed by atoms with Gasteiger partial charge in [-0.1, -0.05) is 6.42 Å². The maximum absolute atomic E-state index is 10.4. The molecule has 10 heavy (non-hydrogen) atoms. The fourth-order valence-corrected chi connectivity index (χ4v) is 1.58. The summed E-state index contributed by atoms with van der Waals surface area (Å²) in [6, 6.07) is 0. The van der Waals surface area contributed by atoms with Crippen LogP contribution in [0.1, 0.15) is 25.7 Å². The summed E-state index contributed by atoms with van der Waals surface area (Å²) in [4.78, 5) is 0.484. The molecular formula is C6H11NO2S. The summed E-state index contributed by atoms with van der Waals surface area (Å²) in [6.45, 7) is 0.809. The molecule has 1 heterocycles. The molecule has 1 fully saturated rings. The second-order valence-electron chi connectivity index (χ2n) is 2.40. The molecule has 0 spiro atoms. The summed E-state index contributed by atoms with van der Waals surface area (Å²) in [7, 11) is -2.01. The van der Waals surface area contributed by atoms with Crippen molar-refractivity contribution in [2.24, 2.45) is 0 Å². The van der Waals surface area contributed by atoms with Crippen LogP contribution in [0.3, 0.4) is 0 Å². The first-order valence-electron chi connectivity index (χ1n) is 3.49. The summed E-state index contributed by atoms with van der Waals surface area (Å²) < 4.78 is 20.8. The number of nitrogens with one attached hydrogen (secondary N) is 1. The van der Waals surface area contributed by atoms with E-state index >= 15 is 0 Å². The van der Waals surface area contributed by atoms with E-state index in [9.17, 15) is 8.42 Å². The van der Waals surface area contributed by atoms with Gasteiger partial charge in [-0.25, -0.2) is 0 Å².